The minimum absolute atomic E-state index is 0.159. The molecule has 0 amide bonds. The quantitative estimate of drug-likeness (QED) is 0.652. The van der Waals surface area contributed by atoms with Crippen LogP contribution in [0.25, 0.3) is 0 Å². The molecule has 0 saturated heterocycles. The van der Waals surface area contributed by atoms with Crippen molar-refractivity contribution in [2.75, 3.05) is 0 Å². The zero-order valence-corrected chi connectivity index (χ0v) is 8.91. The largest absolute Gasteiger partial charge is 0.481 e. The van der Waals surface area contributed by atoms with Crippen molar-refractivity contribution in [3.05, 3.63) is 35.4 Å². The zero-order valence-electron chi connectivity index (χ0n) is 8.91. The minimum atomic E-state index is -4.94. The fourth-order valence-corrected chi connectivity index (χ4v) is 1.12. The Bertz CT molecular complexity index is 535. The maximum absolute atomic E-state index is 12.2. The van der Waals surface area contributed by atoms with Crippen LogP contribution in [0.2, 0.25) is 0 Å². The number of ketones is 1. The Morgan fingerprint density at radius 2 is 1.94 bits per heavy atom. The normalized spacial score (nSPS) is 10.4. The second kappa shape index (κ2) is 5.36. The first-order valence-corrected chi connectivity index (χ1v) is 4.73. The van der Waals surface area contributed by atoms with Crippen molar-refractivity contribution in [1.82, 2.24) is 0 Å². The molecule has 0 fully saturated rings. The van der Waals surface area contributed by atoms with Crippen LogP contribution in [-0.2, 0) is 4.79 Å². The summed E-state index contributed by atoms with van der Waals surface area (Å²) in [5.41, 5.74) is -0.365. The molecular formula is C12H7F3O3. The van der Waals surface area contributed by atoms with E-state index in [-0.39, 0.29) is 5.56 Å². The van der Waals surface area contributed by atoms with Gasteiger partial charge in [-0.05, 0) is 12.1 Å². The maximum atomic E-state index is 12.2. The van der Waals surface area contributed by atoms with Gasteiger partial charge in [-0.1, -0.05) is 24.0 Å². The second-order valence-corrected chi connectivity index (χ2v) is 3.28. The van der Waals surface area contributed by atoms with E-state index in [2.05, 4.69) is 11.8 Å². The summed E-state index contributed by atoms with van der Waals surface area (Å²) in [6, 6.07) is 4.65. The van der Waals surface area contributed by atoms with Crippen LogP contribution in [0.15, 0.2) is 24.3 Å². The van der Waals surface area contributed by atoms with Crippen molar-refractivity contribution in [3.63, 3.8) is 0 Å². The van der Waals surface area contributed by atoms with Gasteiger partial charge in [0.15, 0.2) is 0 Å². The molecule has 3 nitrogen and oxygen atoms in total. The molecule has 0 bridgehead atoms. The van der Waals surface area contributed by atoms with E-state index in [0.717, 1.165) is 12.1 Å². The molecule has 0 aliphatic rings. The van der Waals surface area contributed by atoms with Crippen molar-refractivity contribution in [1.29, 1.82) is 0 Å². The Balaban J connectivity index is 2.95. The second-order valence-electron chi connectivity index (χ2n) is 3.28. The maximum Gasteiger partial charge on any atom is 0.454 e. The highest BCUT2D eigenvalue weighted by Gasteiger charge is 2.39. The molecule has 0 atom stereocenters. The number of aliphatic carboxylic acids is 1. The topological polar surface area (TPSA) is 54.4 Å². The summed E-state index contributed by atoms with van der Waals surface area (Å²) in [4.78, 5) is 21.1. The molecule has 18 heavy (non-hydrogen) atoms. The first-order chi connectivity index (χ1) is 8.30. The summed E-state index contributed by atoms with van der Waals surface area (Å²) in [5.74, 6) is 1.55. The number of carbonyl (C=O) groups is 2. The van der Waals surface area contributed by atoms with Gasteiger partial charge in [0, 0.05) is 11.1 Å². The number of halogens is 3. The molecule has 0 aromatic heterocycles. The van der Waals surface area contributed by atoms with E-state index in [1.54, 1.807) is 0 Å². The van der Waals surface area contributed by atoms with Gasteiger partial charge in [0.2, 0.25) is 0 Å². The van der Waals surface area contributed by atoms with Gasteiger partial charge in [-0.2, -0.15) is 13.2 Å². The lowest BCUT2D eigenvalue weighted by Crippen LogP contribution is -2.22. The predicted octanol–water partition coefficient (Wildman–Crippen LogP) is 2.26. The molecule has 0 saturated carbocycles. The van der Waals surface area contributed by atoms with Gasteiger partial charge in [0.1, 0.15) is 6.42 Å². The van der Waals surface area contributed by atoms with Gasteiger partial charge >= 0.3 is 12.1 Å². The Morgan fingerprint density at radius 3 is 2.50 bits per heavy atom. The van der Waals surface area contributed by atoms with Crippen LogP contribution >= 0.6 is 0 Å². The molecule has 1 aromatic rings. The van der Waals surface area contributed by atoms with Crippen LogP contribution < -0.4 is 0 Å². The lowest BCUT2D eigenvalue weighted by molar-refractivity contribution is -0.135. The Kier molecular flexibility index (Phi) is 4.10. The number of Topliss-reactive ketones (excluding diaryl/α,β-unsaturated/α-hetero) is 1. The fourth-order valence-electron chi connectivity index (χ4n) is 1.12. The lowest BCUT2D eigenvalue weighted by atomic mass is 10.1. The summed E-state index contributed by atoms with van der Waals surface area (Å²) in [5, 5.41) is 8.34. The van der Waals surface area contributed by atoms with Gasteiger partial charge in [-0.25, -0.2) is 0 Å². The molecular weight excluding hydrogens is 249 g/mol. The number of carboxylic acids is 1. The summed E-state index contributed by atoms with van der Waals surface area (Å²) >= 11 is 0. The van der Waals surface area contributed by atoms with Crippen molar-refractivity contribution in [2.45, 2.75) is 12.6 Å². The Hall–Kier alpha value is -2.29. The number of carbonyl (C=O) groups excluding carboxylic acids is 1. The first-order valence-electron chi connectivity index (χ1n) is 4.73. The minimum Gasteiger partial charge on any atom is -0.481 e. The van der Waals surface area contributed by atoms with Crippen LogP contribution in [0.4, 0.5) is 13.2 Å². The molecule has 1 aromatic carbocycles. The Labute approximate surface area is 100 Å². The standard InChI is InChI=1S/C12H7F3O3/c13-12(14,15)11(18)9-5-1-3-8(7-9)4-2-6-10(16)17/h1,3,5,7H,6H2,(H,16,17). The predicted molar refractivity (Wildman–Crippen MR) is 56.0 cm³/mol. The van der Waals surface area contributed by atoms with Crippen molar-refractivity contribution < 1.29 is 27.9 Å². The molecule has 94 valence electrons. The van der Waals surface area contributed by atoms with Gasteiger partial charge in [0.25, 0.3) is 5.78 Å². The number of alkyl halides is 3. The summed E-state index contributed by atoms with van der Waals surface area (Å²) < 4.78 is 36.5. The number of benzene rings is 1. The van der Waals surface area contributed by atoms with E-state index in [1.165, 1.54) is 12.1 Å². The number of rotatable bonds is 2. The number of carboxylic acid groups (broad SMARTS) is 1. The summed E-state index contributed by atoms with van der Waals surface area (Å²) in [6.07, 6.45) is -5.36. The Morgan fingerprint density at radius 1 is 1.28 bits per heavy atom. The molecule has 1 rings (SSSR count). The van der Waals surface area contributed by atoms with E-state index in [9.17, 15) is 22.8 Å². The van der Waals surface area contributed by atoms with Crippen molar-refractivity contribution >= 4 is 11.8 Å². The third kappa shape index (κ3) is 3.94. The highest BCUT2D eigenvalue weighted by Crippen LogP contribution is 2.21. The van der Waals surface area contributed by atoms with Gasteiger partial charge in [-0.15, -0.1) is 0 Å². The first kappa shape index (κ1) is 13.8. The molecule has 0 unspecified atom stereocenters. The summed E-state index contributed by atoms with van der Waals surface area (Å²) in [7, 11) is 0. The van der Waals surface area contributed by atoms with Crippen LogP contribution in [0.1, 0.15) is 22.3 Å². The van der Waals surface area contributed by atoms with E-state index in [1.807, 2.05) is 0 Å². The molecule has 0 heterocycles. The van der Waals surface area contributed by atoms with Crippen LogP contribution in [0.5, 0.6) is 0 Å². The molecule has 0 spiro atoms. The van der Waals surface area contributed by atoms with E-state index < -0.39 is 29.9 Å². The SMILES string of the molecule is O=C(O)CC#Cc1cccc(C(=O)C(F)(F)F)c1. The monoisotopic (exact) mass is 256 g/mol. The third-order valence-electron chi connectivity index (χ3n) is 1.85. The molecule has 0 radical (unpaired) electrons. The van der Waals surface area contributed by atoms with Crippen LogP contribution in [0, 0.1) is 11.8 Å². The van der Waals surface area contributed by atoms with Gasteiger partial charge in [0.05, 0.1) is 0 Å². The zero-order chi connectivity index (χ0) is 13.8. The lowest BCUT2D eigenvalue weighted by Gasteiger charge is -2.04. The fraction of sp³-hybridized carbons (Fsp3) is 0.167. The molecule has 0 aliphatic carbocycles. The molecule has 6 heteroatoms. The number of hydrogen-bond acceptors (Lipinski definition) is 2. The molecule has 1 N–H and O–H groups in total. The van der Waals surface area contributed by atoms with Gasteiger partial charge in [-0.3, -0.25) is 9.59 Å². The van der Waals surface area contributed by atoms with Crippen molar-refractivity contribution in [2.24, 2.45) is 0 Å². The average molecular weight is 256 g/mol. The van der Waals surface area contributed by atoms with E-state index >= 15 is 0 Å². The van der Waals surface area contributed by atoms with E-state index in [4.69, 9.17) is 5.11 Å². The third-order valence-corrected chi connectivity index (χ3v) is 1.85. The van der Waals surface area contributed by atoms with Gasteiger partial charge < -0.3 is 5.11 Å². The smallest absolute Gasteiger partial charge is 0.454 e. The summed E-state index contributed by atoms with van der Waals surface area (Å²) in [6.45, 7) is 0. The highest BCUT2D eigenvalue weighted by atomic mass is 19.4. The van der Waals surface area contributed by atoms with Crippen LogP contribution in [0.3, 0.4) is 0 Å². The molecule has 0 aliphatic heterocycles. The highest BCUT2D eigenvalue weighted by molar-refractivity contribution is 6.00. The van der Waals surface area contributed by atoms with Crippen LogP contribution in [-0.4, -0.2) is 23.0 Å². The van der Waals surface area contributed by atoms with E-state index in [0.29, 0.717) is 0 Å². The average Bonchev–Trinajstić information content (AvgIpc) is 2.26. The number of hydrogen-bond donors (Lipinski definition) is 1. The van der Waals surface area contributed by atoms with Crippen molar-refractivity contribution in [3.8, 4) is 11.8 Å².